The van der Waals surface area contributed by atoms with Crippen molar-refractivity contribution >= 4 is 43.9 Å². The first-order chi connectivity index (χ1) is 9.51. The second-order valence-electron chi connectivity index (χ2n) is 3.84. The number of methoxy groups -OCH3 is 1. The van der Waals surface area contributed by atoms with Gasteiger partial charge in [-0.1, -0.05) is 15.9 Å². The molecule has 1 aromatic carbocycles. The van der Waals surface area contributed by atoms with Crippen molar-refractivity contribution in [1.82, 2.24) is 0 Å². The first-order valence-corrected chi connectivity index (χ1v) is 7.14. The van der Waals surface area contributed by atoms with E-state index >= 15 is 0 Å². The Bertz CT molecular complexity index is 674. The Labute approximate surface area is 132 Å². The summed E-state index contributed by atoms with van der Waals surface area (Å²) in [6.07, 6.45) is 2.41. The molecule has 0 aliphatic carbocycles. The number of furan rings is 1. The Kier molecular flexibility index (Phi) is 4.67. The van der Waals surface area contributed by atoms with E-state index < -0.39 is 5.97 Å². The van der Waals surface area contributed by atoms with Gasteiger partial charge >= 0.3 is 5.97 Å². The highest BCUT2D eigenvalue weighted by molar-refractivity contribution is 9.10. The molecule has 0 amide bonds. The molecule has 6 heteroatoms. The van der Waals surface area contributed by atoms with E-state index in [-0.39, 0.29) is 0 Å². The van der Waals surface area contributed by atoms with Crippen LogP contribution in [0.15, 0.2) is 43.7 Å². The largest absolute Gasteiger partial charge is 0.496 e. The fraction of sp³-hybridized carbons (Fsp3) is 0.0714. The number of aliphatic carboxylic acids is 1. The number of carboxylic acid groups (broad SMARTS) is 1. The van der Waals surface area contributed by atoms with Crippen LogP contribution >= 0.6 is 31.9 Å². The van der Waals surface area contributed by atoms with Gasteiger partial charge < -0.3 is 14.3 Å². The van der Waals surface area contributed by atoms with Crippen LogP contribution in [0, 0.1) is 0 Å². The van der Waals surface area contributed by atoms with Crippen molar-refractivity contribution in [2.45, 2.75) is 0 Å². The van der Waals surface area contributed by atoms with Gasteiger partial charge in [0.05, 0.1) is 17.1 Å². The zero-order valence-corrected chi connectivity index (χ0v) is 13.6. The zero-order valence-electron chi connectivity index (χ0n) is 10.4. The number of benzene rings is 1. The van der Waals surface area contributed by atoms with Gasteiger partial charge in [0.15, 0.2) is 5.76 Å². The predicted octanol–water partition coefficient (Wildman–Crippen LogP) is 4.58. The monoisotopic (exact) mass is 400 g/mol. The van der Waals surface area contributed by atoms with E-state index in [0.29, 0.717) is 17.3 Å². The molecule has 0 unspecified atom stereocenters. The average Bonchev–Trinajstić information content (AvgIpc) is 2.77. The summed E-state index contributed by atoms with van der Waals surface area (Å²) in [6, 6.07) is 7.27. The lowest BCUT2D eigenvalue weighted by Gasteiger charge is -2.07. The molecular weight excluding hydrogens is 392 g/mol. The van der Waals surface area contributed by atoms with Gasteiger partial charge in [-0.05, 0) is 46.3 Å². The van der Waals surface area contributed by atoms with E-state index in [1.165, 1.54) is 6.08 Å². The number of halogens is 2. The van der Waals surface area contributed by atoms with Crippen LogP contribution in [0.1, 0.15) is 5.76 Å². The highest BCUT2D eigenvalue weighted by Gasteiger charge is 2.15. The first kappa shape index (κ1) is 14.9. The summed E-state index contributed by atoms with van der Waals surface area (Å²) in [6.45, 7) is 0. The summed E-state index contributed by atoms with van der Waals surface area (Å²) in [4.78, 5) is 10.5. The summed E-state index contributed by atoms with van der Waals surface area (Å²) < 4.78 is 12.6. The van der Waals surface area contributed by atoms with Crippen molar-refractivity contribution in [2.24, 2.45) is 0 Å². The highest BCUT2D eigenvalue weighted by Crippen LogP contribution is 2.38. The van der Waals surface area contributed by atoms with Crippen LogP contribution in [0.3, 0.4) is 0 Å². The molecule has 1 N–H and O–H groups in total. The third-order valence-electron chi connectivity index (χ3n) is 2.50. The highest BCUT2D eigenvalue weighted by atomic mass is 79.9. The third kappa shape index (κ3) is 3.32. The SMILES string of the molecule is COc1cc(Br)ccc1-c1oc(/C=C/C(=O)O)cc1Br. The van der Waals surface area contributed by atoms with Crippen LogP contribution < -0.4 is 4.74 Å². The number of hydrogen-bond donors (Lipinski definition) is 1. The minimum Gasteiger partial charge on any atom is -0.496 e. The molecule has 2 aromatic rings. The number of ether oxygens (including phenoxy) is 1. The molecule has 0 fully saturated rings. The summed E-state index contributed by atoms with van der Waals surface area (Å²) in [5.41, 5.74) is 0.776. The van der Waals surface area contributed by atoms with Crippen LogP contribution in [0.4, 0.5) is 0 Å². The molecule has 4 nitrogen and oxygen atoms in total. The van der Waals surface area contributed by atoms with E-state index in [1.807, 2.05) is 18.2 Å². The summed E-state index contributed by atoms with van der Waals surface area (Å²) in [5.74, 6) is 0.655. The van der Waals surface area contributed by atoms with Crippen molar-refractivity contribution < 1.29 is 19.1 Å². The molecule has 0 saturated heterocycles. The second kappa shape index (κ2) is 6.28. The summed E-state index contributed by atoms with van der Waals surface area (Å²) in [5, 5.41) is 8.62. The number of carbonyl (C=O) groups is 1. The Morgan fingerprint density at radius 2 is 2.10 bits per heavy atom. The minimum atomic E-state index is -1.03. The van der Waals surface area contributed by atoms with Crippen molar-refractivity contribution in [3.8, 4) is 17.1 Å². The fourth-order valence-corrected chi connectivity index (χ4v) is 2.52. The maximum atomic E-state index is 10.5. The van der Waals surface area contributed by atoms with Crippen molar-refractivity contribution in [3.63, 3.8) is 0 Å². The van der Waals surface area contributed by atoms with Gasteiger partial charge in [-0.25, -0.2) is 4.79 Å². The molecule has 1 heterocycles. The minimum absolute atomic E-state index is 0.444. The number of carboxylic acids is 1. The topological polar surface area (TPSA) is 59.7 Å². The third-order valence-corrected chi connectivity index (χ3v) is 3.59. The van der Waals surface area contributed by atoms with E-state index in [1.54, 1.807) is 13.2 Å². The molecule has 1 aromatic heterocycles. The molecule has 20 heavy (non-hydrogen) atoms. The van der Waals surface area contributed by atoms with Crippen LogP contribution in [0.2, 0.25) is 0 Å². The predicted molar refractivity (Wildman–Crippen MR) is 82.8 cm³/mol. The van der Waals surface area contributed by atoms with Gasteiger partial charge in [-0.2, -0.15) is 0 Å². The van der Waals surface area contributed by atoms with Gasteiger partial charge in [0.2, 0.25) is 0 Å². The molecule has 0 aliphatic rings. The molecule has 0 atom stereocenters. The molecule has 0 bridgehead atoms. The molecule has 0 spiro atoms. The Morgan fingerprint density at radius 3 is 2.75 bits per heavy atom. The lowest BCUT2D eigenvalue weighted by molar-refractivity contribution is -0.131. The van der Waals surface area contributed by atoms with Gasteiger partial charge in [0, 0.05) is 10.5 Å². The molecule has 104 valence electrons. The molecule has 0 radical (unpaired) electrons. The second-order valence-corrected chi connectivity index (χ2v) is 5.61. The molecule has 0 aliphatic heterocycles. The van der Waals surface area contributed by atoms with E-state index in [4.69, 9.17) is 14.3 Å². The van der Waals surface area contributed by atoms with E-state index in [2.05, 4.69) is 31.9 Å². The quantitative estimate of drug-likeness (QED) is 0.761. The molecule has 2 rings (SSSR count). The van der Waals surface area contributed by atoms with Crippen molar-refractivity contribution in [3.05, 3.63) is 45.0 Å². The standard InChI is InChI=1S/C14H10Br2O4/c1-19-12-6-8(15)2-4-10(12)14-11(16)7-9(20-14)3-5-13(17)18/h2-7H,1H3,(H,17,18)/b5-3+. The van der Waals surface area contributed by atoms with Gasteiger partial charge in [0.1, 0.15) is 11.5 Å². The van der Waals surface area contributed by atoms with E-state index in [9.17, 15) is 4.79 Å². The molecule has 0 saturated carbocycles. The maximum Gasteiger partial charge on any atom is 0.328 e. The van der Waals surface area contributed by atoms with Crippen molar-refractivity contribution in [2.75, 3.05) is 7.11 Å². The Hall–Kier alpha value is -1.53. The maximum absolute atomic E-state index is 10.5. The average molecular weight is 402 g/mol. The van der Waals surface area contributed by atoms with Crippen LogP contribution in [-0.4, -0.2) is 18.2 Å². The van der Waals surface area contributed by atoms with E-state index in [0.717, 1.165) is 20.6 Å². The van der Waals surface area contributed by atoms with Crippen LogP contribution in [0.25, 0.3) is 17.4 Å². The van der Waals surface area contributed by atoms with Gasteiger partial charge in [-0.15, -0.1) is 0 Å². The van der Waals surface area contributed by atoms with Gasteiger partial charge in [-0.3, -0.25) is 0 Å². The molecular formula is C14H10Br2O4. The smallest absolute Gasteiger partial charge is 0.328 e. The Balaban J connectivity index is 2.46. The Morgan fingerprint density at radius 1 is 1.35 bits per heavy atom. The van der Waals surface area contributed by atoms with Gasteiger partial charge in [0.25, 0.3) is 0 Å². The first-order valence-electron chi connectivity index (χ1n) is 5.55. The summed E-state index contributed by atoms with van der Waals surface area (Å²) >= 11 is 6.78. The zero-order chi connectivity index (χ0) is 14.7. The lowest BCUT2D eigenvalue weighted by atomic mass is 10.1. The van der Waals surface area contributed by atoms with Crippen molar-refractivity contribution in [1.29, 1.82) is 0 Å². The number of rotatable bonds is 4. The fourth-order valence-electron chi connectivity index (χ4n) is 1.66. The van der Waals surface area contributed by atoms with Crippen LogP contribution in [-0.2, 0) is 4.79 Å². The van der Waals surface area contributed by atoms with Crippen LogP contribution in [0.5, 0.6) is 5.75 Å². The normalized spacial score (nSPS) is 10.9. The summed E-state index contributed by atoms with van der Waals surface area (Å²) in [7, 11) is 1.58. The lowest BCUT2D eigenvalue weighted by Crippen LogP contribution is -1.87. The number of hydrogen-bond acceptors (Lipinski definition) is 3.